The fourth-order valence-corrected chi connectivity index (χ4v) is 1.90. The third-order valence-electron chi connectivity index (χ3n) is 2.93. The first kappa shape index (κ1) is 11.1. The van der Waals surface area contributed by atoms with Crippen molar-refractivity contribution in [3.8, 4) is 0 Å². The van der Waals surface area contributed by atoms with Crippen LogP contribution in [0.4, 0.5) is 11.4 Å². The van der Waals surface area contributed by atoms with E-state index in [1.807, 2.05) is 0 Å². The van der Waals surface area contributed by atoms with Crippen molar-refractivity contribution in [1.82, 2.24) is 0 Å². The van der Waals surface area contributed by atoms with Crippen LogP contribution in [-0.4, -0.2) is 23.1 Å². The van der Waals surface area contributed by atoms with Gasteiger partial charge >= 0.3 is 0 Å². The monoisotopic (exact) mass is 252 g/mol. The lowest BCUT2D eigenvalue weighted by atomic mass is 10.0. The lowest BCUT2D eigenvalue weighted by Crippen LogP contribution is -2.01. The molecule has 2 aliphatic rings. The van der Waals surface area contributed by atoms with E-state index in [1.165, 1.54) is 6.07 Å². The number of hydrogen-bond donors (Lipinski definition) is 0. The molecule has 0 radical (unpaired) electrons. The number of nitro benzene ring substituents is 2. The largest absolute Gasteiger partial charge is 0.368 e. The fraction of sp³-hybridized carbons (Fsp3) is 0.400. The van der Waals surface area contributed by atoms with Crippen molar-refractivity contribution in [2.45, 2.75) is 12.2 Å². The molecule has 2 heterocycles. The summed E-state index contributed by atoms with van der Waals surface area (Å²) in [6.07, 6.45) is -0.660. The average Bonchev–Trinajstić information content (AvgIpc) is 3.16. The van der Waals surface area contributed by atoms with Crippen LogP contribution in [0.15, 0.2) is 12.1 Å². The third kappa shape index (κ3) is 1.81. The van der Waals surface area contributed by atoms with Crippen LogP contribution in [0.5, 0.6) is 0 Å². The minimum absolute atomic E-state index is 0.270. The Balaban J connectivity index is 2.16. The molecule has 0 amide bonds. The van der Waals surface area contributed by atoms with Gasteiger partial charge in [-0.1, -0.05) is 0 Å². The van der Waals surface area contributed by atoms with Gasteiger partial charge in [-0.05, 0) is 6.07 Å². The summed E-state index contributed by atoms with van der Waals surface area (Å²) in [5.41, 5.74) is 0.231. The predicted octanol–water partition coefficient (Wildman–Crippen LogP) is 1.65. The zero-order valence-electron chi connectivity index (χ0n) is 9.07. The van der Waals surface area contributed by atoms with Crippen LogP contribution in [0.2, 0.25) is 0 Å². The molecule has 18 heavy (non-hydrogen) atoms. The van der Waals surface area contributed by atoms with Crippen LogP contribution in [0.1, 0.15) is 23.3 Å². The first-order valence-electron chi connectivity index (χ1n) is 5.27. The van der Waals surface area contributed by atoms with Gasteiger partial charge in [0.25, 0.3) is 11.4 Å². The summed E-state index contributed by atoms with van der Waals surface area (Å²) in [6.45, 7) is 0.813. The highest BCUT2D eigenvalue weighted by molar-refractivity contribution is 5.57. The number of nitrogens with zero attached hydrogens (tertiary/aromatic N) is 2. The van der Waals surface area contributed by atoms with Crippen molar-refractivity contribution in [3.63, 3.8) is 0 Å². The summed E-state index contributed by atoms with van der Waals surface area (Å²) >= 11 is 0. The highest BCUT2D eigenvalue weighted by atomic mass is 16.6. The van der Waals surface area contributed by atoms with Gasteiger partial charge in [-0.25, -0.2) is 0 Å². The standard InChI is InChI=1S/C10H8N2O6/c13-11(14)7-2-8(12(15)16)6(10-4-18-10)1-5(7)9-3-17-9/h1-2,9-10H,3-4H2/t9-,10-/m0/s1. The Labute approximate surface area is 100 Å². The topological polar surface area (TPSA) is 111 Å². The van der Waals surface area contributed by atoms with E-state index in [1.54, 1.807) is 0 Å². The molecule has 0 N–H and O–H groups in total. The van der Waals surface area contributed by atoms with E-state index in [0.29, 0.717) is 24.3 Å². The molecule has 2 aliphatic heterocycles. The van der Waals surface area contributed by atoms with E-state index in [2.05, 4.69) is 0 Å². The highest BCUT2D eigenvalue weighted by Crippen LogP contribution is 2.44. The fourth-order valence-electron chi connectivity index (χ4n) is 1.90. The van der Waals surface area contributed by atoms with E-state index in [0.717, 1.165) is 6.07 Å². The lowest BCUT2D eigenvalue weighted by molar-refractivity contribution is -0.395. The van der Waals surface area contributed by atoms with E-state index in [4.69, 9.17) is 9.47 Å². The molecule has 3 rings (SSSR count). The van der Waals surface area contributed by atoms with Gasteiger partial charge in [0.15, 0.2) is 0 Å². The molecule has 8 nitrogen and oxygen atoms in total. The van der Waals surface area contributed by atoms with Gasteiger partial charge in [-0.3, -0.25) is 20.2 Å². The molecule has 2 fully saturated rings. The SMILES string of the molecule is O=[N+]([O-])c1cc([N+](=O)[O-])c([C@@H]2CO2)cc1[C@@H]1CO1. The van der Waals surface area contributed by atoms with Gasteiger partial charge < -0.3 is 9.47 Å². The summed E-state index contributed by atoms with van der Waals surface area (Å²) < 4.78 is 10.1. The number of rotatable bonds is 4. The summed E-state index contributed by atoms with van der Waals surface area (Å²) in [6, 6.07) is 2.46. The molecule has 2 saturated heterocycles. The number of epoxide rings is 2. The Kier molecular flexibility index (Phi) is 2.28. The van der Waals surface area contributed by atoms with Crippen LogP contribution in [0, 0.1) is 20.2 Å². The van der Waals surface area contributed by atoms with Gasteiger partial charge in [0.05, 0.1) is 40.3 Å². The zero-order valence-corrected chi connectivity index (χ0v) is 9.07. The van der Waals surface area contributed by atoms with Gasteiger partial charge in [0, 0.05) is 0 Å². The molecular formula is C10H8N2O6. The summed E-state index contributed by atoms with van der Waals surface area (Å²) in [7, 11) is 0. The minimum atomic E-state index is -0.623. The van der Waals surface area contributed by atoms with Crippen molar-refractivity contribution in [2.75, 3.05) is 13.2 Å². The smallest absolute Gasteiger partial charge is 0.282 e. The first-order valence-corrected chi connectivity index (χ1v) is 5.27. The molecule has 0 saturated carbocycles. The molecule has 1 aromatic carbocycles. The maximum Gasteiger partial charge on any atom is 0.282 e. The van der Waals surface area contributed by atoms with Crippen molar-refractivity contribution in [1.29, 1.82) is 0 Å². The molecule has 0 aromatic heterocycles. The van der Waals surface area contributed by atoms with E-state index >= 15 is 0 Å². The van der Waals surface area contributed by atoms with Crippen molar-refractivity contribution >= 4 is 11.4 Å². The molecule has 0 bridgehead atoms. The molecular weight excluding hydrogens is 244 g/mol. The Morgan fingerprint density at radius 2 is 1.33 bits per heavy atom. The van der Waals surface area contributed by atoms with Crippen LogP contribution in [-0.2, 0) is 9.47 Å². The summed E-state index contributed by atoms with van der Waals surface area (Å²) in [5.74, 6) is 0. The summed E-state index contributed by atoms with van der Waals surface area (Å²) in [5, 5.41) is 21.8. The third-order valence-corrected chi connectivity index (χ3v) is 2.93. The summed E-state index contributed by atoms with van der Waals surface area (Å²) in [4.78, 5) is 20.6. The average molecular weight is 252 g/mol. The first-order chi connectivity index (χ1) is 8.58. The Morgan fingerprint density at radius 1 is 0.944 bits per heavy atom. The van der Waals surface area contributed by atoms with E-state index in [9.17, 15) is 20.2 Å². The van der Waals surface area contributed by atoms with Gasteiger partial charge in [0.2, 0.25) is 0 Å². The van der Waals surface area contributed by atoms with Crippen molar-refractivity contribution in [2.24, 2.45) is 0 Å². The molecule has 2 atom stereocenters. The van der Waals surface area contributed by atoms with Gasteiger partial charge in [-0.2, -0.15) is 0 Å². The van der Waals surface area contributed by atoms with E-state index < -0.39 is 9.85 Å². The molecule has 0 aliphatic carbocycles. The van der Waals surface area contributed by atoms with Crippen LogP contribution >= 0.6 is 0 Å². The second-order valence-corrected chi connectivity index (χ2v) is 4.13. The lowest BCUT2D eigenvalue weighted by Gasteiger charge is -2.04. The van der Waals surface area contributed by atoms with Gasteiger partial charge in [-0.15, -0.1) is 0 Å². The Bertz CT molecular complexity index is 504. The molecule has 8 heteroatoms. The number of ether oxygens (including phenoxy) is 2. The molecule has 1 aromatic rings. The second-order valence-electron chi connectivity index (χ2n) is 4.13. The molecule has 0 spiro atoms. The highest BCUT2D eigenvalue weighted by Gasteiger charge is 2.39. The van der Waals surface area contributed by atoms with Gasteiger partial charge in [0.1, 0.15) is 12.2 Å². The minimum Gasteiger partial charge on any atom is -0.368 e. The van der Waals surface area contributed by atoms with Crippen LogP contribution in [0.3, 0.4) is 0 Å². The number of hydrogen-bond acceptors (Lipinski definition) is 6. The van der Waals surface area contributed by atoms with Crippen molar-refractivity contribution < 1.29 is 19.3 Å². The maximum absolute atomic E-state index is 10.9. The second kappa shape index (κ2) is 3.72. The van der Waals surface area contributed by atoms with Crippen LogP contribution in [0.25, 0.3) is 0 Å². The number of benzene rings is 1. The zero-order chi connectivity index (χ0) is 12.9. The Morgan fingerprint density at radius 3 is 1.61 bits per heavy atom. The maximum atomic E-state index is 10.9. The normalized spacial score (nSPS) is 24.7. The van der Waals surface area contributed by atoms with Crippen LogP contribution < -0.4 is 0 Å². The predicted molar refractivity (Wildman–Crippen MR) is 57.1 cm³/mol. The number of nitro groups is 2. The van der Waals surface area contributed by atoms with Crippen molar-refractivity contribution in [3.05, 3.63) is 43.5 Å². The molecule has 0 unspecified atom stereocenters. The molecule has 94 valence electrons. The van der Waals surface area contributed by atoms with E-state index in [-0.39, 0.29) is 23.6 Å². The quantitative estimate of drug-likeness (QED) is 0.457. The Hall–Kier alpha value is -2.06.